The van der Waals surface area contributed by atoms with E-state index in [1.807, 2.05) is 0 Å². The van der Waals surface area contributed by atoms with Gasteiger partial charge in [-0.2, -0.15) is 0 Å². The first kappa shape index (κ1) is 21.3. The van der Waals surface area contributed by atoms with Crippen molar-refractivity contribution >= 4 is 34.6 Å². The van der Waals surface area contributed by atoms with Crippen LogP contribution < -0.4 is 15.4 Å². The molecule has 0 radical (unpaired) electrons. The normalized spacial score (nSPS) is 10.4. The largest absolute Gasteiger partial charge is 0.494 e. The van der Waals surface area contributed by atoms with E-state index in [4.69, 9.17) is 17.0 Å². The van der Waals surface area contributed by atoms with Crippen molar-refractivity contribution in [1.29, 1.82) is 0 Å². The molecule has 148 valence electrons. The number of ether oxygens (including phenoxy) is 1. The number of nitro benzene ring substituents is 1. The van der Waals surface area contributed by atoms with Gasteiger partial charge in [-0.3, -0.25) is 20.2 Å². The van der Waals surface area contributed by atoms with E-state index in [2.05, 4.69) is 24.5 Å². The third-order valence-electron chi connectivity index (χ3n) is 3.96. The van der Waals surface area contributed by atoms with E-state index in [-0.39, 0.29) is 16.7 Å². The minimum absolute atomic E-state index is 0.00714. The molecule has 0 aliphatic heterocycles. The fourth-order valence-electron chi connectivity index (χ4n) is 2.37. The number of thiocarbonyl (C=S) groups is 1. The highest BCUT2D eigenvalue weighted by Gasteiger charge is 2.12. The van der Waals surface area contributed by atoms with Crippen LogP contribution in [0.2, 0.25) is 0 Å². The molecule has 0 bridgehead atoms. The predicted molar refractivity (Wildman–Crippen MR) is 113 cm³/mol. The predicted octanol–water partition coefficient (Wildman–Crippen LogP) is 4.45. The molecule has 0 spiro atoms. The minimum atomic E-state index is -0.465. The molecule has 2 aromatic rings. The standard InChI is InChI=1S/C20H23N3O4S/c1-13(2)9-10-27-17-6-4-5-15(12-17)19(24)22-20(28)21-18-8-7-16(23(25)26)11-14(18)3/h4-8,11-13H,9-10H2,1-3H3,(H2,21,22,24,28). The highest BCUT2D eigenvalue weighted by Crippen LogP contribution is 2.21. The molecular formula is C20H23N3O4S. The first-order valence-corrected chi connectivity index (χ1v) is 9.27. The second kappa shape index (κ2) is 9.80. The third-order valence-corrected chi connectivity index (χ3v) is 4.16. The molecule has 2 N–H and O–H groups in total. The molecule has 7 nitrogen and oxygen atoms in total. The summed E-state index contributed by atoms with van der Waals surface area (Å²) in [5, 5.41) is 16.4. The van der Waals surface area contributed by atoms with Gasteiger partial charge in [-0.15, -0.1) is 0 Å². The Balaban J connectivity index is 1.97. The van der Waals surface area contributed by atoms with Crippen LogP contribution in [0.5, 0.6) is 5.75 Å². The number of carbonyl (C=O) groups excluding carboxylic acids is 1. The molecule has 0 saturated heterocycles. The van der Waals surface area contributed by atoms with Crippen LogP contribution in [-0.2, 0) is 0 Å². The van der Waals surface area contributed by atoms with Crippen LogP contribution in [-0.4, -0.2) is 22.5 Å². The van der Waals surface area contributed by atoms with Crippen LogP contribution in [0.15, 0.2) is 42.5 Å². The number of nitro groups is 1. The van der Waals surface area contributed by atoms with Crippen molar-refractivity contribution in [3.8, 4) is 5.75 Å². The van der Waals surface area contributed by atoms with Gasteiger partial charge < -0.3 is 10.1 Å². The second-order valence-electron chi connectivity index (χ2n) is 6.72. The molecule has 8 heteroatoms. The average Bonchev–Trinajstić information content (AvgIpc) is 2.63. The van der Waals surface area contributed by atoms with Crippen LogP contribution in [0, 0.1) is 23.0 Å². The Kier molecular flexibility index (Phi) is 7.45. The fourth-order valence-corrected chi connectivity index (χ4v) is 2.57. The minimum Gasteiger partial charge on any atom is -0.494 e. The van der Waals surface area contributed by atoms with E-state index < -0.39 is 4.92 Å². The number of hydrogen-bond donors (Lipinski definition) is 2. The van der Waals surface area contributed by atoms with Crippen LogP contribution in [0.1, 0.15) is 36.2 Å². The Morgan fingerprint density at radius 3 is 2.64 bits per heavy atom. The molecule has 0 saturated carbocycles. The number of amides is 1. The van der Waals surface area contributed by atoms with Gasteiger partial charge in [0, 0.05) is 23.4 Å². The van der Waals surface area contributed by atoms with Gasteiger partial charge in [-0.25, -0.2) is 0 Å². The molecule has 0 heterocycles. The smallest absolute Gasteiger partial charge is 0.269 e. The summed E-state index contributed by atoms with van der Waals surface area (Å²) in [6, 6.07) is 11.2. The van der Waals surface area contributed by atoms with Crippen molar-refractivity contribution in [3.05, 3.63) is 63.7 Å². The van der Waals surface area contributed by atoms with Crippen LogP contribution in [0.3, 0.4) is 0 Å². The SMILES string of the molecule is Cc1cc([N+](=O)[O-])ccc1NC(=S)NC(=O)c1cccc(OCCC(C)C)c1. The number of carbonyl (C=O) groups is 1. The number of anilines is 1. The fraction of sp³-hybridized carbons (Fsp3) is 0.300. The summed E-state index contributed by atoms with van der Waals surface area (Å²) < 4.78 is 5.67. The number of non-ortho nitro benzene ring substituents is 1. The van der Waals surface area contributed by atoms with Crippen molar-refractivity contribution < 1.29 is 14.5 Å². The van der Waals surface area contributed by atoms with Gasteiger partial charge in [-0.05, 0) is 61.3 Å². The van der Waals surface area contributed by atoms with Gasteiger partial charge in [0.15, 0.2) is 5.11 Å². The Hall–Kier alpha value is -3.00. The van der Waals surface area contributed by atoms with Gasteiger partial charge in [0.05, 0.1) is 11.5 Å². The van der Waals surface area contributed by atoms with E-state index >= 15 is 0 Å². The van der Waals surface area contributed by atoms with Crippen LogP contribution in [0.25, 0.3) is 0 Å². The van der Waals surface area contributed by atoms with Gasteiger partial charge in [0.2, 0.25) is 0 Å². The van der Waals surface area contributed by atoms with Crippen molar-refractivity contribution in [2.45, 2.75) is 27.2 Å². The van der Waals surface area contributed by atoms with Crippen molar-refractivity contribution in [2.24, 2.45) is 5.92 Å². The lowest BCUT2D eigenvalue weighted by Crippen LogP contribution is -2.34. The van der Waals surface area contributed by atoms with Gasteiger partial charge >= 0.3 is 0 Å². The first-order chi connectivity index (χ1) is 13.3. The summed E-state index contributed by atoms with van der Waals surface area (Å²) in [4.78, 5) is 22.8. The molecule has 28 heavy (non-hydrogen) atoms. The summed E-state index contributed by atoms with van der Waals surface area (Å²) in [6.07, 6.45) is 0.930. The lowest BCUT2D eigenvalue weighted by atomic mass is 10.1. The van der Waals surface area contributed by atoms with Crippen molar-refractivity contribution in [3.63, 3.8) is 0 Å². The second-order valence-corrected chi connectivity index (χ2v) is 7.13. The molecule has 0 fully saturated rings. The molecule has 1 amide bonds. The number of benzene rings is 2. The number of aryl methyl sites for hydroxylation is 1. The highest BCUT2D eigenvalue weighted by atomic mass is 32.1. The number of rotatable bonds is 7. The number of nitrogens with one attached hydrogen (secondary N) is 2. The monoisotopic (exact) mass is 401 g/mol. The van der Waals surface area contributed by atoms with Gasteiger partial charge in [0.25, 0.3) is 11.6 Å². The molecular weight excluding hydrogens is 378 g/mol. The first-order valence-electron chi connectivity index (χ1n) is 8.86. The van der Waals surface area contributed by atoms with Crippen molar-refractivity contribution in [1.82, 2.24) is 5.32 Å². The zero-order valence-electron chi connectivity index (χ0n) is 16.0. The molecule has 0 aromatic heterocycles. The zero-order valence-corrected chi connectivity index (χ0v) is 16.8. The highest BCUT2D eigenvalue weighted by molar-refractivity contribution is 7.80. The molecule has 0 aliphatic carbocycles. The number of hydrogen-bond acceptors (Lipinski definition) is 5. The summed E-state index contributed by atoms with van der Waals surface area (Å²) in [7, 11) is 0. The van der Waals surface area contributed by atoms with Gasteiger partial charge in [0.1, 0.15) is 5.75 Å². The Morgan fingerprint density at radius 2 is 2.00 bits per heavy atom. The van der Waals surface area contributed by atoms with Crippen molar-refractivity contribution in [2.75, 3.05) is 11.9 Å². The van der Waals surface area contributed by atoms with E-state index in [0.29, 0.717) is 35.1 Å². The van der Waals surface area contributed by atoms with Crippen LogP contribution in [0.4, 0.5) is 11.4 Å². The number of nitrogens with zero attached hydrogens (tertiary/aromatic N) is 1. The molecule has 2 rings (SSSR count). The van der Waals surface area contributed by atoms with E-state index in [9.17, 15) is 14.9 Å². The van der Waals surface area contributed by atoms with Crippen LogP contribution >= 0.6 is 12.2 Å². The van der Waals surface area contributed by atoms with E-state index in [1.54, 1.807) is 37.3 Å². The molecule has 2 aromatic carbocycles. The van der Waals surface area contributed by atoms with Gasteiger partial charge in [-0.1, -0.05) is 19.9 Å². The Bertz CT molecular complexity index is 884. The summed E-state index contributed by atoms with van der Waals surface area (Å²) in [5.41, 5.74) is 1.65. The summed E-state index contributed by atoms with van der Waals surface area (Å²) in [6.45, 7) is 6.54. The lowest BCUT2D eigenvalue weighted by molar-refractivity contribution is -0.384. The summed E-state index contributed by atoms with van der Waals surface area (Å²) >= 11 is 5.18. The maximum absolute atomic E-state index is 12.4. The van der Waals surface area contributed by atoms with E-state index in [0.717, 1.165) is 6.42 Å². The Labute approximate surface area is 169 Å². The summed E-state index contributed by atoms with van der Waals surface area (Å²) in [5.74, 6) is 0.794. The molecule has 0 unspecified atom stereocenters. The Morgan fingerprint density at radius 1 is 1.25 bits per heavy atom. The maximum atomic E-state index is 12.4. The maximum Gasteiger partial charge on any atom is 0.269 e. The quantitative estimate of drug-likeness (QED) is 0.404. The topological polar surface area (TPSA) is 93.5 Å². The zero-order chi connectivity index (χ0) is 20.7. The average molecular weight is 401 g/mol. The molecule has 0 atom stereocenters. The van der Waals surface area contributed by atoms with E-state index in [1.165, 1.54) is 12.1 Å². The molecule has 0 aliphatic rings. The lowest BCUT2D eigenvalue weighted by Gasteiger charge is -2.12. The third kappa shape index (κ3) is 6.31.